The molecule has 6 nitrogen and oxygen atoms in total. The molecule has 1 N–H and O–H groups in total. The molecule has 0 aliphatic carbocycles. The van der Waals surface area contributed by atoms with E-state index in [4.69, 9.17) is 4.74 Å². The molecule has 3 rings (SSSR count). The number of ether oxygens (including phenoxy) is 1. The van der Waals surface area contributed by atoms with E-state index in [2.05, 4.69) is 17.4 Å². The second-order valence-corrected chi connectivity index (χ2v) is 8.28. The highest BCUT2D eigenvalue weighted by Crippen LogP contribution is 2.40. The molecule has 0 radical (unpaired) electrons. The van der Waals surface area contributed by atoms with Crippen molar-refractivity contribution in [3.05, 3.63) is 35.9 Å². The summed E-state index contributed by atoms with van der Waals surface area (Å²) in [5.41, 5.74) is 0.587. The minimum absolute atomic E-state index is 0.0419. The Labute approximate surface area is 155 Å². The third-order valence-corrected chi connectivity index (χ3v) is 5.01. The molecule has 3 amide bonds. The van der Waals surface area contributed by atoms with Crippen LogP contribution in [0.2, 0.25) is 0 Å². The van der Waals surface area contributed by atoms with Gasteiger partial charge in [-0.15, -0.1) is 0 Å². The third-order valence-electron chi connectivity index (χ3n) is 5.01. The number of likely N-dealkylation sites (tertiary alicyclic amines) is 2. The van der Waals surface area contributed by atoms with Gasteiger partial charge in [0.15, 0.2) is 0 Å². The van der Waals surface area contributed by atoms with Gasteiger partial charge in [0.2, 0.25) is 0 Å². The van der Waals surface area contributed by atoms with Gasteiger partial charge < -0.3 is 15.0 Å². The molecule has 2 aliphatic rings. The lowest BCUT2D eigenvalue weighted by molar-refractivity contribution is -0.103. The predicted octanol–water partition coefficient (Wildman–Crippen LogP) is 3.02. The van der Waals surface area contributed by atoms with E-state index < -0.39 is 5.60 Å². The summed E-state index contributed by atoms with van der Waals surface area (Å²) in [5, 5.41) is 2.98. The van der Waals surface area contributed by atoms with Gasteiger partial charge in [-0.3, -0.25) is 4.90 Å². The van der Waals surface area contributed by atoms with Crippen LogP contribution in [0, 0.1) is 0 Å². The summed E-state index contributed by atoms with van der Waals surface area (Å²) in [6.45, 7) is 8.16. The predicted molar refractivity (Wildman–Crippen MR) is 100 cm³/mol. The normalized spacial score (nSPS) is 18.1. The van der Waals surface area contributed by atoms with Crippen LogP contribution < -0.4 is 5.32 Å². The Balaban J connectivity index is 1.37. The van der Waals surface area contributed by atoms with Gasteiger partial charge in [-0.2, -0.15) is 0 Å². The summed E-state index contributed by atoms with van der Waals surface area (Å²) in [7, 11) is 0. The average molecular weight is 359 g/mol. The molecule has 0 unspecified atom stereocenters. The first-order chi connectivity index (χ1) is 12.3. The fraction of sp³-hybridized carbons (Fsp3) is 0.600. The van der Waals surface area contributed by atoms with Crippen LogP contribution >= 0.6 is 0 Å². The van der Waals surface area contributed by atoms with Gasteiger partial charge in [0.05, 0.1) is 5.54 Å². The van der Waals surface area contributed by atoms with Gasteiger partial charge in [0, 0.05) is 26.2 Å². The van der Waals surface area contributed by atoms with Gasteiger partial charge in [0.1, 0.15) is 5.60 Å². The zero-order valence-electron chi connectivity index (χ0n) is 16.0. The maximum atomic E-state index is 12.3. The monoisotopic (exact) mass is 359 g/mol. The first kappa shape index (κ1) is 18.5. The highest BCUT2D eigenvalue weighted by Gasteiger charge is 2.57. The molecule has 6 heteroatoms. The van der Waals surface area contributed by atoms with Crippen LogP contribution in [-0.4, -0.2) is 59.2 Å². The van der Waals surface area contributed by atoms with Gasteiger partial charge in [-0.05, 0) is 45.6 Å². The number of rotatable bonds is 4. The number of amides is 3. The highest BCUT2D eigenvalue weighted by atomic mass is 16.6. The van der Waals surface area contributed by atoms with Gasteiger partial charge in [-0.1, -0.05) is 30.3 Å². The average Bonchev–Trinajstić information content (AvgIpc) is 2.48. The molecule has 1 aromatic rings. The first-order valence-corrected chi connectivity index (χ1v) is 9.36. The lowest BCUT2D eigenvalue weighted by Gasteiger charge is -2.61. The van der Waals surface area contributed by atoms with Crippen LogP contribution in [-0.2, 0) is 11.2 Å². The van der Waals surface area contributed by atoms with E-state index in [1.165, 1.54) is 5.56 Å². The van der Waals surface area contributed by atoms with E-state index in [0.717, 1.165) is 19.3 Å². The van der Waals surface area contributed by atoms with Gasteiger partial charge in [-0.25, -0.2) is 9.59 Å². The van der Waals surface area contributed by atoms with Crippen molar-refractivity contribution >= 4 is 12.1 Å². The van der Waals surface area contributed by atoms with Gasteiger partial charge in [0.25, 0.3) is 0 Å². The van der Waals surface area contributed by atoms with E-state index in [0.29, 0.717) is 26.2 Å². The second-order valence-electron chi connectivity index (χ2n) is 8.28. The van der Waals surface area contributed by atoms with Crippen LogP contribution in [0.25, 0.3) is 0 Å². The Kier molecular flexibility index (Phi) is 5.12. The number of urea groups is 1. The lowest BCUT2D eigenvalue weighted by Crippen LogP contribution is -2.79. The molecule has 2 heterocycles. The molecule has 0 bridgehead atoms. The van der Waals surface area contributed by atoms with Crippen LogP contribution in [0.1, 0.15) is 39.2 Å². The van der Waals surface area contributed by atoms with Crippen molar-refractivity contribution in [2.75, 3.05) is 26.2 Å². The van der Waals surface area contributed by atoms with Crippen LogP contribution in [0.5, 0.6) is 0 Å². The Morgan fingerprint density at radius 1 is 1.19 bits per heavy atom. The van der Waals surface area contributed by atoms with Crippen molar-refractivity contribution in [2.24, 2.45) is 0 Å². The van der Waals surface area contributed by atoms with Crippen molar-refractivity contribution in [3.8, 4) is 0 Å². The summed E-state index contributed by atoms with van der Waals surface area (Å²) >= 11 is 0. The van der Waals surface area contributed by atoms with Crippen molar-refractivity contribution in [1.82, 2.24) is 15.1 Å². The summed E-state index contributed by atoms with van der Waals surface area (Å²) in [6.07, 6.45) is 2.53. The quantitative estimate of drug-likeness (QED) is 0.841. The van der Waals surface area contributed by atoms with Crippen LogP contribution in [0.4, 0.5) is 9.59 Å². The Morgan fingerprint density at radius 2 is 1.88 bits per heavy atom. The zero-order chi connectivity index (χ0) is 18.8. The van der Waals surface area contributed by atoms with E-state index in [1.54, 1.807) is 9.80 Å². The van der Waals surface area contributed by atoms with Crippen LogP contribution in [0.15, 0.2) is 30.3 Å². The SMILES string of the molecule is CC(C)(C)OC(=O)N1CCC12CN(C(=O)NCCCc1ccccc1)C2. The number of aryl methyl sites for hydroxylation is 1. The van der Waals surface area contributed by atoms with Gasteiger partial charge >= 0.3 is 12.1 Å². The molecule has 142 valence electrons. The largest absolute Gasteiger partial charge is 0.444 e. The fourth-order valence-electron chi connectivity index (χ4n) is 3.52. The number of benzene rings is 1. The minimum Gasteiger partial charge on any atom is -0.444 e. The number of carbonyl (C=O) groups excluding carboxylic acids is 2. The molecule has 0 aromatic heterocycles. The Morgan fingerprint density at radius 3 is 2.46 bits per heavy atom. The van der Waals surface area contributed by atoms with E-state index >= 15 is 0 Å². The maximum absolute atomic E-state index is 12.3. The molecular formula is C20H29N3O3. The topological polar surface area (TPSA) is 61.9 Å². The molecule has 26 heavy (non-hydrogen) atoms. The molecule has 2 saturated heterocycles. The van der Waals surface area contributed by atoms with Crippen molar-refractivity contribution in [1.29, 1.82) is 0 Å². The standard InChI is InChI=1S/C20H29N3O3/c1-19(2,3)26-18(25)23-13-11-20(23)14-22(15-20)17(24)21-12-7-10-16-8-5-4-6-9-16/h4-6,8-9H,7,10-15H2,1-3H3,(H,21,24). The number of hydrogen-bond acceptors (Lipinski definition) is 3. The van der Waals surface area contributed by atoms with Crippen LogP contribution in [0.3, 0.4) is 0 Å². The lowest BCUT2D eigenvalue weighted by atomic mass is 9.78. The molecule has 1 aromatic carbocycles. The van der Waals surface area contributed by atoms with E-state index in [-0.39, 0.29) is 17.7 Å². The second kappa shape index (κ2) is 7.17. The number of nitrogens with one attached hydrogen (secondary N) is 1. The molecule has 2 aliphatic heterocycles. The fourth-order valence-corrected chi connectivity index (χ4v) is 3.52. The third kappa shape index (κ3) is 4.11. The molecular weight excluding hydrogens is 330 g/mol. The highest BCUT2D eigenvalue weighted by molar-refractivity contribution is 5.77. The number of nitrogens with zero attached hydrogens (tertiary/aromatic N) is 2. The smallest absolute Gasteiger partial charge is 0.410 e. The summed E-state index contributed by atoms with van der Waals surface area (Å²) in [6, 6.07) is 10.2. The number of hydrogen-bond donors (Lipinski definition) is 1. The summed E-state index contributed by atoms with van der Waals surface area (Å²) in [4.78, 5) is 28.1. The molecule has 1 spiro atoms. The summed E-state index contributed by atoms with van der Waals surface area (Å²) < 4.78 is 5.46. The minimum atomic E-state index is -0.493. The maximum Gasteiger partial charge on any atom is 0.410 e. The van der Waals surface area contributed by atoms with Crippen molar-refractivity contribution in [2.45, 2.75) is 51.2 Å². The summed E-state index contributed by atoms with van der Waals surface area (Å²) in [5.74, 6) is 0. The molecule has 0 atom stereocenters. The van der Waals surface area contributed by atoms with E-state index in [9.17, 15) is 9.59 Å². The Hall–Kier alpha value is -2.24. The zero-order valence-corrected chi connectivity index (χ0v) is 16.0. The molecule has 2 fully saturated rings. The van der Waals surface area contributed by atoms with Crippen molar-refractivity contribution < 1.29 is 14.3 Å². The van der Waals surface area contributed by atoms with E-state index in [1.807, 2.05) is 39.0 Å². The van der Waals surface area contributed by atoms with Crippen molar-refractivity contribution in [3.63, 3.8) is 0 Å². The molecule has 0 saturated carbocycles. The Bertz CT molecular complexity index is 648. The number of carbonyl (C=O) groups is 2. The first-order valence-electron chi connectivity index (χ1n) is 9.36.